The highest BCUT2D eigenvalue weighted by molar-refractivity contribution is 5.42. The molecule has 3 aromatic rings. The monoisotopic (exact) mass is 638 g/mol. The van der Waals surface area contributed by atoms with Crippen molar-refractivity contribution in [2.24, 2.45) is 13.0 Å². The largest absolute Gasteiger partial charge is 0.416 e. The molecule has 44 heavy (non-hydrogen) atoms. The number of aryl methyl sites for hydroxylation is 1. The Morgan fingerprint density at radius 1 is 0.864 bits per heavy atom. The van der Waals surface area contributed by atoms with E-state index in [0.29, 0.717) is 50.0 Å². The minimum Gasteiger partial charge on any atom is -0.396 e. The molecule has 2 heterocycles. The molecule has 1 aromatic heterocycles. The summed E-state index contributed by atoms with van der Waals surface area (Å²) in [6, 6.07) is 4.04. The van der Waals surface area contributed by atoms with Gasteiger partial charge in [0.1, 0.15) is 0 Å². The van der Waals surface area contributed by atoms with Gasteiger partial charge in [0, 0.05) is 25.7 Å². The average Bonchev–Trinajstić information content (AvgIpc) is 3.38. The van der Waals surface area contributed by atoms with Crippen LogP contribution in [0.25, 0.3) is 0 Å². The number of piperidine rings is 1. The van der Waals surface area contributed by atoms with Crippen molar-refractivity contribution < 1.29 is 44.6 Å². The maximum atomic E-state index is 13.8. The Bertz CT molecular complexity index is 1380. The van der Waals surface area contributed by atoms with Gasteiger partial charge in [0.2, 0.25) is 0 Å². The highest BCUT2D eigenvalue weighted by Crippen LogP contribution is 2.39. The molecule has 4 rings (SSSR count). The molecular weight excluding hydrogens is 607 g/mol. The minimum absolute atomic E-state index is 0.00509. The summed E-state index contributed by atoms with van der Waals surface area (Å²) in [6.45, 7) is 2.11. The van der Waals surface area contributed by atoms with E-state index in [1.807, 2.05) is 6.92 Å². The van der Waals surface area contributed by atoms with E-state index in [2.05, 4.69) is 20.3 Å². The standard InChI is InChI=1S/C28H31F9N6O/c1-3-24(42-8-6-17(16-44)7-9-42)23-5-4-20(26(29,30)31)12-19(23)15-43(25-38-40-41(2)39-25)14-18-10-21(27(32,33)34)13-22(11-18)28(35,36)37/h4-5,10-13,17,24,44H,3,6-9,14-16H2,1-2H3. The van der Waals surface area contributed by atoms with Gasteiger partial charge in [0.25, 0.3) is 5.95 Å². The molecule has 0 radical (unpaired) electrons. The number of halogens is 9. The van der Waals surface area contributed by atoms with E-state index in [1.54, 1.807) is 0 Å². The van der Waals surface area contributed by atoms with Gasteiger partial charge in [-0.25, -0.2) is 0 Å². The van der Waals surface area contributed by atoms with E-state index in [-0.39, 0.29) is 42.7 Å². The van der Waals surface area contributed by atoms with E-state index < -0.39 is 47.3 Å². The predicted molar refractivity (Wildman–Crippen MR) is 141 cm³/mol. The first kappa shape index (κ1) is 33.5. The number of alkyl halides is 9. The lowest BCUT2D eigenvalue weighted by atomic mass is 9.91. The van der Waals surface area contributed by atoms with Gasteiger partial charge in [-0.15, -0.1) is 5.10 Å². The van der Waals surface area contributed by atoms with E-state index in [9.17, 15) is 44.6 Å². The van der Waals surface area contributed by atoms with E-state index >= 15 is 0 Å². The van der Waals surface area contributed by atoms with Crippen LogP contribution in [0, 0.1) is 5.92 Å². The van der Waals surface area contributed by atoms with Crippen molar-refractivity contribution >= 4 is 5.95 Å². The van der Waals surface area contributed by atoms with Crippen LogP contribution >= 0.6 is 0 Å². The molecule has 1 saturated heterocycles. The normalized spacial score (nSPS) is 16.4. The Balaban J connectivity index is 1.79. The van der Waals surface area contributed by atoms with Gasteiger partial charge in [-0.05, 0) is 90.5 Å². The van der Waals surface area contributed by atoms with Crippen molar-refractivity contribution in [3.05, 3.63) is 69.8 Å². The molecule has 1 atom stereocenters. The summed E-state index contributed by atoms with van der Waals surface area (Å²) < 4.78 is 123. The minimum atomic E-state index is -5.09. The molecular formula is C28H31F9N6O. The Morgan fingerprint density at radius 2 is 1.45 bits per heavy atom. The third-order valence-electron chi connectivity index (χ3n) is 7.73. The Labute approximate surface area is 247 Å². The van der Waals surface area contributed by atoms with E-state index in [1.165, 1.54) is 18.0 Å². The molecule has 1 aliphatic heterocycles. The summed E-state index contributed by atoms with van der Waals surface area (Å²) in [6.07, 6.45) is -13.0. The van der Waals surface area contributed by atoms with Crippen LogP contribution in [0.15, 0.2) is 36.4 Å². The summed E-state index contributed by atoms with van der Waals surface area (Å²) in [5.74, 6) is -0.0817. The first-order valence-electron chi connectivity index (χ1n) is 13.8. The highest BCUT2D eigenvalue weighted by Gasteiger charge is 2.38. The van der Waals surface area contributed by atoms with Crippen LogP contribution in [0.4, 0.5) is 45.5 Å². The number of tetrazole rings is 1. The molecule has 1 aliphatic rings. The van der Waals surface area contributed by atoms with Crippen molar-refractivity contribution in [1.82, 2.24) is 25.1 Å². The zero-order chi connectivity index (χ0) is 32.4. The summed E-state index contributed by atoms with van der Waals surface area (Å²) in [4.78, 5) is 4.32. The van der Waals surface area contributed by atoms with Crippen LogP contribution < -0.4 is 4.90 Å². The van der Waals surface area contributed by atoms with Crippen LogP contribution in [-0.2, 0) is 38.7 Å². The van der Waals surface area contributed by atoms with E-state index in [0.717, 1.165) is 16.9 Å². The molecule has 0 aliphatic carbocycles. The molecule has 7 nitrogen and oxygen atoms in total. The predicted octanol–water partition coefficient (Wildman–Crippen LogP) is 6.63. The molecule has 2 aromatic carbocycles. The number of nitrogens with zero attached hydrogens (tertiary/aromatic N) is 6. The lowest BCUT2D eigenvalue weighted by Gasteiger charge is -2.38. The van der Waals surface area contributed by atoms with Crippen molar-refractivity contribution in [2.45, 2.75) is 63.8 Å². The summed E-state index contributed by atoms with van der Waals surface area (Å²) in [5, 5.41) is 21.1. The molecule has 0 amide bonds. The number of anilines is 1. The fourth-order valence-electron chi connectivity index (χ4n) is 5.50. The molecule has 1 fully saturated rings. The second-order valence-electron chi connectivity index (χ2n) is 10.8. The van der Waals surface area contributed by atoms with Gasteiger partial charge in [-0.2, -0.15) is 44.3 Å². The smallest absolute Gasteiger partial charge is 0.396 e. The van der Waals surface area contributed by atoms with Crippen molar-refractivity contribution in [3.63, 3.8) is 0 Å². The SMILES string of the molecule is CCC(c1ccc(C(F)(F)F)cc1CN(Cc1cc(C(F)(F)F)cc(C(F)(F)F)c1)c1nnn(C)n1)N1CCC(CO)CC1. The lowest BCUT2D eigenvalue weighted by Crippen LogP contribution is -2.38. The fourth-order valence-corrected chi connectivity index (χ4v) is 5.50. The van der Waals surface area contributed by atoms with Gasteiger partial charge in [-0.3, -0.25) is 4.90 Å². The number of rotatable bonds is 9. The summed E-state index contributed by atoms with van der Waals surface area (Å²) in [5.41, 5.74) is -3.72. The second-order valence-corrected chi connectivity index (χ2v) is 10.8. The highest BCUT2D eigenvalue weighted by atomic mass is 19.4. The molecule has 1 unspecified atom stereocenters. The molecule has 0 spiro atoms. The van der Waals surface area contributed by atoms with Crippen LogP contribution in [-0.4, -0.2) is 49.9 Å². The van der Waals surface area contributed by atoms with Crippen LogP contribution in [0.5, 0.6) is 0 Å². The topological polar surface area (TPSA) is 70.3 Å². The van der Waals surface area contributed by atoms with Gasteiger partial charge in [0.15, 0.2) is 0 Å². The number of likely N-dealkylation sites (tertiary alicyclic amines) is 1. The number of hydrogen-bond acceptors (Lipinski definition) is 6. The Kier molecular flexibility index (Phi) is 9.83. The molecule has 0 saturated carbocycles. The van der Waals surface area contributed by atoms with Gasteiger partial charge in [0.05, 0.1) is 23.7 Å². The molecule has 0 bridgehead atoms. The van der Waals surface area contributed by atoms with Crippen molar-refractivity contribution in [2.75, 3.05) is 24.6 Å². The lowest BCUT2D eigenvalue weighted by molar-refractivity contribution is -0.143. The number of hydrogen-bond donors (Lipinski definition) is 1. The first-order valence-corrected chi connectivity index (χ1v) is 13.8. The van der Waals surface area contributed by atoms with Crippen LogP contribution in [0.1, 0.15) is 65.6 Å². The summed E-state index contributed by atoms with van der Waals surface area (Å²) in [7, 11) is 1.39. The third kappa shape index (κ3) is 8.00. The number of aromatic nitrogens is 4. The third-order valence-corrected chi connectivity index (χ3v) is 7.73. The second kappa shape index (κ2) is 12.9. The molecule has 242 valence electrons. The van der Waals surface area contributed by atoms with Crippen LogP contribution in [0.3, 0.4) is 0 Å². The Hall–Kier alpha value is -3.40. The maximum Gasteiger partial charge on any atom is 0.416 e. The quantitative estimate of drug-likeness (QED) is 0.266. The zero-order valence-electron chi connectivity index (χ0n) is 23.8. The van der Waals surface area contributed by atoms with Crippen molar-refractivity contribution in [3.8, 4) is 0 Å². The average molecular weight is 639 g/mol. The first-order chi connectivity index (χ1) is 20.5. The summed E-state index contributed by atoms with van der Waals surface area (Å²) >= 11 is 0. The van der Waals surface area contributed by atoms with E-state index in [4.69, 9.17) is 0 Å². The number of benzene rings is 2. The maximum absolute atomic E-state index is 13.8. The molecule has 16 heteroatoms. The number of aliphatic hydroxyl groups is 1. The number of aliphatic hydroxyl groups excluding tert-OH is 1. The van der Waals surface area contributed by atoms with Gasteiger partial charge in [-0.1, -0.05) is 18.1 Å². The van der Waals surface area contributed by atoms with Crippen LogP contribution in [0.2, 0.25) is 0 Å². The molecule has 1 N–H and O–H groups in total. The Morgan fingerprint density at radius 3 is 1.93 bits per heavy atom. The van der Waals surface area contributed by atoms with Gasteiger partial charge < -0.3 is 10.0 Å². The van der Waals surface area contributed by atoms with Gasteiger partial charge >= 0.3 is 18.5 Å². The fraction of sp³-hybridized carbons (Fsp3) is 0.536. The van der Waals surface area contributed by atoms with Crippen molar-refractivity contribution in [1.29, 1.82) is 0 Å². The zero-order valence-corrected chi connectivity index (χ0v) is 23.8.